The number of halogens is 2. The van der Waals surface area contributed by atoms with Crippen LogP contribution in [-0.4, -0.2) is 15.0 Å². The Kier molecular flexibility index (Phi) is 10.9. The summed E-state index contributed by atoms with van der Waals surface area (Å²) in [6.07, 6.45) is 0. The molecule has 0 nitrogen and oxygen atoms in total. The monoisotopic (exact) mass is 708 g/mol. The third-order valence-corrected chi connectivity index (χ3v) is 22.6. The van der Waals surface area contributed by atoms with E-state index in [2.05, 4.69) is 170 Å². The van der Waals surface area contributed by atoms with Crippen molar-refractivity contribution >= 4 is 65.6 Å². The molecule has 0 N–H and O–H groups in total. The predicted molar refractivity (Wildman–Crippen MR) is 202 cm³/mol. The molecule has 4 heteroatoms. The van der Waals surface area contributed by atoms with Crippen LogP contribution in [0, 0.1) is 0 Å². The van der Waals surface area contributed by atoms with Gasteiger partial charge in [-0.05, 0) is 60.7 Å². The number of benzene rings is 7. The van der Waals surface area contributed by atoms with Crippen LogP contribution in [0.5, 0.6) is 0 Å². The van der Waals surface area contributed by atoms with Crippen molar-refractivity contribution in [3.63, 3.8) is 0 Å². The predicted octanol–water partition coefficient (Wildman–Crippen LogP) is 9.15. The molecule has 0 bridgehead atoms. The van der Waals surface area contributed by atoms with Gasteiger partial charge in [0.25, 0.3) is 0 Å². The van der Waals surface area contributed by atoms with Gasteiger partial charge in [-0.1, -0.05) is 41.4 Å². The summed E-state index contributed by atoms with van der Waals surface area (Å²) in [7, 11) is -0.148. The maximum absolute atomic E-state index is 6.01. The van der Waals surface area contributed by atoms with Crippen LogP contribution >= 0.6 is 23.2 Å². The quantitative estimate of drug-likeness (QED) is 0.114. The zero-order valence-electron chi connectivity index (χ0n) is 25.3. The Labute approximate surface area is 288 Å². The molecule has 0 aliphatic heterocycles. The minimum absolute atomic E-state index is 0.148. The van der Waals surface area contributed by atoms with E-state index in [9.17, 15) is 0 Å². The standard InChI is InChI=1S/C18H13Cl2S.4C6H5.Ga/c19-14-6-10-17(11-7-14)21(16-4-2-1-3-5-16)18-12-8-15(20)9-13-18;4*1-2-4-6-5-3-1;/h1-13H;4*1-5H;/q+1;;;;;-1. The first-order chi connectivity index (χ1) is 22.7. The number of rotatable bonds is 7. The van der Waals surface area contributed by atoms with Crippen LogP contribution in [0.25, 0.3) is 0 Å². The molecule has 0 spiro atoms. The molecule has 0 aliphatic carbocycles. The summed E-state index contributed by atoms with van der Waals surface area (Å²) in [5, 5.41) is 1.51. The van der Waals surface area contributed by atoms with Crippen molar-refractivity contribution < 1.29 is 0 Å². The normalized spacial score (nSPS) is 11.0. The van der Waals surface area contributed by atoms with Crippen molar-refractivity contribution in [2.75, 3.05) is 0 Å². The number of hydrogen-bond donors (Lipinski definition) is 0. The molecule has 0 saturated heterocycles. The molecule has 0 atom stereocenters. The van der Waals surface area contributed by atoms with Crippen LogP contribution in [0.4, 0.5) is 0 Å². The van der Waals surface area contributed by atoms with Gasteiger partial charge < -0.3 is 0 Å². The molecule has 0 unspecified atom stereocenters. The van der Waals surface area contributed by atoms with Gasteiger partial charge in [-0.2, -0.15) is 0 Å². The zero-order valence-corrected chi connectivity index (χ0v) is 30.0. The molecule has 0 aromatic heterocycles. The van der Waals surface area contributed by atoms with Crippen LogP contribution in [-0.2, 0) is 10.9 Å². The Bertz CT molecular complexity index is 1710. The Balaban J connectivity index is 0.000000164. The zero-order chi connectivity index (χ0) is 31.6. The van der Waals surface area contributed by atoms with Crippen molar-refractivity contribution in [2.24, 2.45) is 0 Å². The van der Waals surface area contributed by atoms with Crippen LogP contribution < -0.4 is 16.5 Å². The number of hydrogen-bond acceptors (Lipinski definition) is 0. The molecule has 46 heavy (non-hydrogen) atoms. The van der Waals surface area contributed by atoms with Crippen LogP contribution in [0.2, 0.25) is 10.0 Å². The summed E-state index contributed by atoms with van der Waals surface area (Å²) in [6, 6.07) is 71.0. The van der Waals surface area contributed by atoms with Crippen molar-refractivity contribution in [2.45, 2.75) is 14.7 Å². The third-order valence-electron chi connectivity index (χ3n) is 8.28. The van der Waals surface area contributed by atoms with E-state index in [1.807, 2.05) is 30.3 Å². The molecule has 0 aliphatic rings. The van der Waals surface area contributed by atoms with E-state index in [4.69, 9.17) is 23.2 Å². The third kappa shape index (κ3) is 7.23. The SMILES string of the molecule is Clc1ccc([S+](c2ccccc2)c2ccc(Cl)cc2)cc1.c1cc[c]([Ga-]([c]2ccccc2)([c]2ccccc2)[c]2ccccc2)cc1. The Morgan fingerprint density at radius 3 is 0.804 bits per heavy atom. The van der Waals surface area contributed by atoms with E-state index in [0.29, 0.717) is 0 Å². The maximum atomic E-state index is 6.01. The van der Waals surface area contributed by atoms with Crippen molar-refractivity contribution in [3.05, 3.63) is 210 Å². The molecule has 0 fully saturated rings. The fourth-order valence-corrected chi connectivity index (χ4v) is 20.1. The molecule has 7 rings (SSSR count). The first-order valence-electron chi connectivity index (χ1n) is 15.3. The molecule has 7 aromatic carbocycles. The van der Waals surface area contributed by atoms with Crippen LogP contribution in [0.15, 0.2) is 215 Å². The Morgan fingerprint density at radius 2 is 0.522 bits per heavy atom. The average Bonchev–Trinajstić information content (AvgIpc) is 3.13. The van der Waals surface area contributed by atoms with E-state index in [1.54, 1.807) is 0 Å². The van der Waals surface area contributed by atoms with E-state index in [1.165, 1.54) is 31.2 Å². The topological polar surface area (TPSA) is 0 Å². The van der Waals surface area contributed by atoms with Gasteiger partial charge in [0.15, 0.2) is 14.7 Å². The first-order valence-corrected chi connectivity index (χ1v) is 22.2. The molecule has 7 aromatic rings. The summed E-state index contributed by atoms with van der Waals surface area (Å²) >= 11 is 8.82. The summed E-state index contributed by atoms with van der Waals surface area (Å²) in [6.45, 7) is 0. The molecular formula is C42H33Cl2GaS. The first kappa shape index (κ1) is 32.1. The summed E-state index contributed by atoms with van der Waals surface area (Å²) in [5.41, 5.74) is 0. The van der Waals surface area contributed by atoms with Crippen LogP contribution in [0.3, 0.4) is 0 Å². The van der Waals surface area contributed by atoms with Gasteiger partial charge in [0, 0.05) is 10.0 Å². The fourth-order valence-electron chi connectivity index (χ4n) is 6.23. The van der Waals surface area contributed by atoms with Gasteiger partial charge in [-0.25, -0.2) is 0 Å². The minimum atomic E-state index is -3.21. The Morgan fingerprint density at radius 1 is 0.283 bits per heavy atom. The van der Waals surface area contributed by atoms with E-state index in [-0.39, 0.29) is 10.9 Å². The van der Waals surface area contributed by atoms with Crippen molar-refractivity contribution in [1.82, 2.24) is 0 Å². The summed E-state index contributed by atoms with van der Waals surface area (Å²) in [4.78, 5) is 3.77. The average molecular weight is 710 g/mol. The molecular weight excluding hydrogens is 677 g/mol. The molecule has 0 heterocycles. The van der Waals surface area contributed by atoms with Gasteiger partial charge in [-0.3, -0.25) is 0 Å². The van der Waals surface area contributed by atoms with E-state index < -0.39 is 15.0 Å². The van der Waals surface area contributed by atoms with E-state index in [0.717, 1.165) is 10.0 Å². The second-order valence-electron chi connectivity index (χ2n) is 11.0. The van der Waals surface area contributed by atoms with Crippen molar-refractivity contribution in [1.29, 1.82) is 0 Å². The molecule has 224 valence electrons. The van der Waals surface area contributed by atoms with Gasteiger partial charge in [0.1, 0.15) is 0 Å². The van der Waals surface area contributed by atoms with Gasteiger partial charge >= 0.3 is 153 Å². The second-order valence-corrected chi connectivity index (χ2v) is 23.2. The van der Waals surface area contributed by atoms with Gasteiger partial charge in [-0.15, -0.1) is 0 Å². The molecule has 0 saturated carbocycles. The molecule has 0 amide bonds. The fraction of sp³-hybridized carbons (Fsp3) is 0. The van der Waals surface area contributed by atoms with E-state index >= 15 is 0 Å². The van der Waals surface area contributed by atoms with Crippen molar-refractivity contribution in [3.8, 4) is 0 Å². The van der Waals surface area contributed by atoms with Gasteiger partial charge in [0.05, 0.1) is 10.9 Å². The van der Waals surface area contributed by atoms with Gasteiger partial charge in [0.2, 0.25) is 0 Å². The molecule has 0 radical (unpaired) electrons. The Hall–Kier alpha value is -3.89. The second kappa shape index (κ2) is 15.6. The summed E-state index contributed by atoms with van der Waals surface area (Å²) in [5.74, 6) is 0. The summed E-state index contributed by atoms with van der Waals surface area (Å²) < 4.78 is 5.92. The van der Waals surface area contributed by atoms with Crippen LogP contribution in [0.1, 0.15) is 0 Å².